The van der Waals surface area contributed by atoms with Crippen molar-refractivity contribution in [1.29, 1.82) is 0 Å². The van der Waals surface area contributed by atoms with Gasteiger partial charge in [-0.3, -0.25) is 9.59 Å². The number of aryl methyl sites for hydroxylation is 1. The Morgan fingerprint density at radius 3 is 2.30 bits per heavy atom. The second-order valence-electron chi connectivity index (χ2n) is 5.97. The van der Waals surface area contributed by atoms with E-state index in [1.54, 1.807) is 24.3 Å². The lowest BCUT2D eigenvalue weighted by molar-refractivity contribution is -0.114. The van der Waals surface area contributed by atoms with Crippen LogP contribution in [0.4, 0.5) is 23.0 Å². The second-order valence-corrected chi connectivity index (χ2v) is 5.97. The molecule has 0 bridgehead atoms. The predicted octanol–water partition coefficient (Wildman–Crippen LogP) is 3.74. The number of nitrogens with one attached hydrogen (secondary N) is 3. The Bertz CT molecular complexity index is 970. The Balaban J connectivity index is 1.71. The SMILES string of the molecule is CC(=O)Nc1cccc(NC(=O)c2ccnc(Nc3ccc(C)cc3)n2)c1. The molecule has 1 heterocycles. The van der Waals surface area contributed by atoms with Crippen molar-refractivity contribution in [2.24, 2.45) is 0 Å². The van der Waals surface area contributed by atoms with Crippen molar-refractivity contribution in [1.82, 2.24) is 9.97 Å². The average Bonchev–Trinajstić information content (AvgIpc) is 2.64. The summed E-state index contributed by atoms with van der Waals surface area (Å²) in [7, 11) is 0. The van der Waals surface area contributed by atoms with Crippen molar-refractivity contribution < 1.29 is 9.59 Å². The van der Waals surface area contributed by atoms with Crippen molar-refractivity contribution in [3.8, 4) is 0 Å². The number of amides is 2. The summed E-state index contributed by atoms with van der Waals surface area (Å²) in [6.45, 7) is 3.43. The lowest BCUT2D eigenvalue weighted by Crippen LogP contribution is -2.15. The number of anilines is 4. The van der Waals surface area contributed by atoms with Gasteiger partial charge >= 0.3 is 0 Å². The van der Waals surface area contributed by atoms with E-state index < -0.39 is 0 Å². The molecule has 0 aliphatic heterocycles. The van der Waals surface area contributed by atoms with Crippen molar-refractivity contribution in [3.63, 3.8) is 0 Å². The molecule has 0 fully saturated rings. The van der Waals surface area contributed by atoms with E-state index >= 15 is 0 Å². The summed E-state index contributed by atoms with van der Waals surface area (Å²) in [6, 6.07) is 16.2. The average molecular weight is 361 g/mol. The number of hydrogen-bond donors (Lipinski definition) is 3. The van der Waals surface area contributed by atoms with Gasteiger partial charge in [-0.25, -0.2) is 9.97 Å². The lowest BCUT2D eigenvalue weighted by Gasteiger charge is -2.09. The van der Waals surface area contributed by atoms with E-state index in [4.69, 9.17) is 0 Å². The lowest BCUT2D eigenvalue weighted by atomic mass is 10.2. The minimum atomic E-state index is -0.371. The molecule has 0 aliphatic carbocycles. The standard InChI is InChI=1S/C20H19N5O2/c1-13-6-8-15(9-7-13)24-20-21-11-10-18(25-20)19(27)23-17-5-3-4-16(12-17)22-14(2)26/h3-12H,1-2H3,(H,22,26)(H,23,27)(H,21,24,25). The largest absolute Gasteiger partial charge is 0.326 e. The monoisotopic (exact) mass is 361 g/mol. The van der Waals surface area contributed by atoms with Crippen LogP contribution in [0.2, 0.25) is 0 Å². The molecule has 7 heteroatoms. The predicted molar refractivity (Wildman–Crippen MR) is 105 cm³/mol. The minimum absolute atomic E-state index is 0.180. The summed E-state index contributed by atoms with van der Waals surface area (Å²) >= 11 is 0. The molecule has 2 aromatic carbocycles. The van der Waals surface area contributed by atoms with Crippen molar-refractivity contribution in [2.45, 2.75) is 13.8 Å². The van der Waals surface area contributed by atoms with E-state index in [1.165, 1.54) is 19.2 Å². The fourth-order valence-electron chi connectivity index (χ4n) is 2.38. The van der Waals surface area contributed by atoms with E-state index in [2.05, 4.69) is 25.9 Å². The van der Waals surface area contributed by atoms with Crippen LogP contribution < -0.4 is 16.0 Å². The van der Waals surface area contributed by atoms with Crippen LogP contribution in [0.5, 0.6) is 0 Å². The number of carbonyl (C=O) groups excluding carboxylic acids is 2. The van der Waals surface area contributed by atoms with Gasteiger partial charge in [0.2, 0.25) is 11.9 Å². The Hall–Kier alpha value is -3.74. The van der Waals surface area contributed by atoms with Gasteiger partial charge in [0.1, 0.15) is 5.69 Å². The zero-order valence-electron chi connectivity index (χ0n) is 15.0. The third-order valence-electron chi connectivity index (χ3n) is 3.64. The number of carbonyl (C=O) groups is 2. The maximum absolute atomic E-state index is 12.5. The number of hydrogen-bond acceptors (Lipinski definition) is 5. The normalized spacial score (nSPS) is 10.1. The first-order valence-corrected chi connectivity index (χ1v) is 8.35. The first kappa shape index (κ1) is 18.1. The molecule has 1 aromatic heterocycles. The van der Waals surface area contributed by atoms with Crippen LogP contribution in [0.15, 0.2) is 60.8 Å². The van der Waals surface area contributed by atoms with Crippen LogP contribution in [0.3, 0.4) is 0 Å². The van der Waals surface area contributed by atoms with Gasteiger partial charge < -0.3 is 16.0 Å². The molecule has 0 aliphatic rings. The summed E-state index contributed by atoms with van der Waals surface area (Å²) in [6.07, 6.45) is 1.52. The van der Waals surface area contributed by atoms with Crippen molar-refractivity contribution in [3.05, 3.63) is 72.1 Å². The molecule has 0 radical (unpaired) electrons. The van der Waals surface area contributed by atoms with Gasteiger partial charge in [-0.05, 0) is 43.3 Å². The van der Waals surface area contributed by atoms with Gasteiger partial charge in [0, 0.05) is 30.2 Å². The summed E-state index contributed by atoms with van der Waals surface area (Å²) in [5.41, 5.74) is 3.37. The quantitative estimate of drug-likeness (QED) is 0.643. The molecule has 3 N–H and O–H groups in total. The highest BCUT2D eigenvalue weighted by Crippen LogP contribution is 2.17. The van der Waals surface area contributed by atoms with E-state index in [0.29, 0.717) is 17.3 Å². The maximum atomic E-state index is 12.5. The zero-order chi connectivity index (χ0) is 19.2. The summed E-state index contributed by atoms with van der Waals surface area (Å²) in [5, 5.41) is 8.51. The summed E-state index contributed by atoms with van der Waals surface area (Å²) in [5.74, 6) is -0.219. The highest BCUT2D eigenvalue weighted by molar-refractivity contribution is 6.03. The van der Waals surface area contributed by atoms with Gasteiger partial charge in [-0.15, -0.1) is 0 Å². The molecular formula is C20H19N5O2. The second kappa shape index (κ2) is 8.09. The third-order valence-corrected chi connectivity index (χ3v) is 3.64. The Kier molecular flexibility index (Phi) is 5.41. The molecule has 0 unspecified atom stereocenters. The molecule has 0 atom stereocenters. The minimum Gasteiger partial charge on any atom is -0.326 e. The Morgan fingerprint density at radius 2 is 1.59 bits per heavy atom. The van der Waals surface area contributed by atoms with Gasteiger partial charge in [0.25, 0.3) is 5.91 Å². The topological polar surface area (TPSA) is 96.0 Å². The fraction of sp³-hybridized carbons (Fsp3) is 0.100. The van der Waals surface area contributed by atoms with Crippen LogP contribution in [0.25, 0.3) is 0 Å². The van der Waals surface area contributed by atoms with Gasteiger partial charge in [-0.1, -0.05) is 23.8 Å². The molecule has 3 aromatic rings. The number of nitrogens with zero attached hydrogens (tertiary/aromatic N) is 2. The first-order chi connectivity index (χ1) is 13.0. The molecule has 0 spiro atoms. The third kappa shape index (κ3) is 5.12. The highest BCUT2D eigenvalue weighted by Gasteiger charge is 2.10. The Morgan fingerprint density at radius 1 is 0.889 bits per heavy atom. The maximum Gasteiger partial charge on any atom is 0.274 e. The van der Waals surface area contributed by atoms with E-state index in [-0.39, 0.29) is 17.5 Å². The van der Waals surface area contributed by atoms with Crippen LogP contribution in [0.1, 0.15) is 23.0 Å². The van der Waals surface area contributed by atoms with Crippen LogP contribution >= 0.6 is 0 Å². The number of benzene rings is 2. The molecule has 7 nitrogen and oxygen atoms in total. The Labute approximate surface area is 156 Å². The van der Waals surface area contributed by atoms with Crippen molar-refractivity contribution in [2.75, 3.05) is 16.0 Å². The molecule has 2 amide bonds. The molecule has 27 heavy (non-hydrogen) atoms. The van der Waals surface area contributed by atoms with Gasteiger partial charge in [-0.2, -0.15) is 0 Å². The van der Waals surface area contributed by atoms with E-state index in [0.717, 1.165) is 11.3 Å². The van der Waals surface area contributed by atoms with Gasteiger partial charge in [0.15, 0.2) is 0 Å². The zero-order valence-corrected chi connectivity index (χ0v) is 15.0. The van der Waals surface area contributed by atoms with E-state index in [9.17, 15) is 9.59 Å². The van der Waals surface area contributed by atoms with Gasteiger partial charge in [0.05, 0.1) is 0 Å². The van der Waals surface area contributed by atoms with Crippen molar-refractivity contribution >= 4 is 34.8 Å². The van der Waals surface area contributed by atoms with E-state index in [1.807, 2.05) is 31.2 Å². The fourth-order valence-corrected chi connectivity index (χ4v) is 2.38. The summed E-state index contributed by atoms with van der Waals surface area (Å²) < 4.78 is 0. The van der Waals surface area contributed by atoms with Crippen LogP contribution in [-0.4, -0.2) is 21.8 Å². The van der Waals surface area contributed by atoms with Crippen LogP contribution in [0, 0.1) is 6.92 Å². The first-order valence-electron chi connectivity index (χ1n) is 8.35. The molecule has 136 valence electrons. The molecular weight excluding hydrogens is 342 g/mol. The smallest absolute Gasteiger partial charge is 0.274 e. The molecule has 0 saturated heterocycles. The number of aromatic nitrogens is 2. The highest BCUT2D eigenvalue weighted by atomic mass is 16.2. The summed E-state index contributed by atoms with van der Waals surface area (Å²) in [4.78, 5) is 32.0. The number of rotatable bonds is 5. The molecule has 3 rings (SSSR count). The van der Waals surface area contributed by atoms with Crippen LogP contribution in [-0.2, 0) is 4.79 Å². The molecule has 0 saturated carbocycles.